The lowest BCUT2D eigenvalue weighted by molar-refractivity contribution is -0.139. The molecule has 1 amide bonds. The Morgan fingerprint density at radius 1 is 1.20 bits per heavy atom. The van der Waals surface area contributed by atoms with E-state index in [1.807, 2.05) is 31.2 Å². The number of amides is 1. The maximum atomic E-state index is 11.8. The van der Waals surface area contributed by atoms with E-state index in [1.165, 1.54) is 0 Å². The van der Waals surface area contributed by atoms with Crippen LogP contribution in [0.5, 0.6) is 0 Å². The van der Waals surface area contributed by atoms with E-state index in [9.17, 15) is 14.7 Å². The van der Waals surface area contributed by atoms with Gasteiger partial charge in [-0.1, -0.05) is 24.3 Å². The first kappa shape index (κ1) is 18.6. The molecule has 0 fully saturated rings. The number of aryl methyl sites for hydroxylation is 1. The Bertz CT molecular complexity index is 757. The van der Waals surface area contributed by atoms with E-state index < -0.39 is 23.7 Å². The summed E-state index contributed by atoms with van der Waals surface area (Å²) in [6.45, 7) is 7.11. The molecule has 134 valence electrons. The molecule has 0 bridgehead atoms. The van der Waals surface area contributed by atoms with Gasteiger partial charge in [-0.3, -0.25) is 0 Å². The first-order valence-electron chi connectivity index (χ1n) is 8.03. The molecule has 2 aromatic rings. The van der Waals surface area contributed by atoms with Crippen LogP contribution in [0.15, 0.2) is 40.8 Å². The number of rotatable bonds is 5. The fourth-order valence-corrected chi connectivity index (χ4v) is 2.33. The third-order valence-electron chi connectivity index (χ3n) is 3.47. The van der Waals surface area contributed by atoms with E-state index in [4.69, 9.17) is 9.15 Å². The number of nitrogens with one attached hydrogen (secondary N) is 1. The van der Waals surface area contributed by atoms with Gasteiger partial charge in [0.2, 0.25) is 0 Å². The smallest absolute Gasteiger partial charge is 0.408 e. The second-order valence-electron chi connectivity index (χ2n) is 6.82. The molecule has 1 unspecified atom stereocenters. The minimum Gasteiger partial charge on any atom is -0.480 e. The van der Waals surface area contributed by atoms with Crippen molar-refractivity contribution in [1.82, 2.24) is 5.32 Å². The standard InChI is InChI=1S/C19H23NO5/c1-12-7-5-6-8-14(12)16-10-9-13(24-16)11-15(17(21)22)20-18(23)25-19(2,3)4/h5-10,15H,11H2,1-4H3,(H,20,23)(H,21,22). The summed E-state index contributed by atoms with van der Waals surface area (Å²) in [5.41, 5.74) is 1.31. The van der Waals surface area contributed by atoms with Gasteiger partial charge in [0.15, 0.2) is 0 Å². The van der Waals surface area contributed by atoms with Crippen LogP contribution in [0, 0.1) is 6.92 Å². The van der Waals surface area contributed by atoms with Crippen LogP contribution in [0.4, 0.5) is 4.79 Å². The molecule has 0 aliphatic heterocycles. The number of aliphatic carboxylic acids is 1. The summed E-state index contributed by atoms with van der Waals surface area (Å²) in [6, 6.07) is 10.1. The maximum absolute atomic E-state index is 11.8. The van der Waals surface area contributed by atoms with E-state index in [-0.39, 0.29) is 6.42 Å². The van der Waals surface area contributed by atoms with E-state index in [2.05, 4.69) is 5.32 Å². The van der Waals surface area contributed by atoms with Crippen molar-refractivity contribution in [3.8, 4) is 11.3 Å². The Hall–Kier alpha value is -2.76. The molecular formula is C19H23NO5. The molecule has 0 radical (unpaired) electrons. The molecule has 1 aromatic carbocycles. The fraction of sp³-hybridized carbons (Fsp3) is 0.368. The van der Waals surface area contributed by atoms with E-state index >= 15 is 0 Å². The number of carbonyl (C=O) groups is 2. The quantitative estimate of drug-likeness (QED) is 0.861. The van der Waals surface area contributed by atoms with Crippen LogP contribution in [0.2, 0.25) is 0 Å². The second kappa shape index (κ2) is 7.42. The van der Waals surface area contributed by atoms with Crippen molar-refractivity contribution >= 4 is 12.1 Å². The SMILES string of the molecule is Cc1ccccc1-c1ccc(CC(NC(=O)OC(C)(C)C)C(=O)O)o1. The zero-order valence-corrected chi connectivity index (χ0v) is 14.8. The number of carboxylic acid groups (broad SMARTS) is 1. The number of hydrogen-bond acceptors (Lipinski definition) is 4. The Balaban J connectivity index is 2.09. The predicted molar refractivity (Wildman–Crippen MR) is 93.4 cm³/mol. The Kier molecular flexibility index (Phi) is 5.51. The predicted octanol–water partition coefficient (Wildman–Crippen LogP) is 3.78. The molecule has 25 heavy (non-hydrogen) atoms. The summed E-state index contributed by atoms with van der Waals surface area (Å²) >= 11 is 0. The van der Waals surface area contributed by atoms with Gasteiger partial charge in [-0.2, -0.15) is 0 Å². The number of carboxylic acids is 1. The Morgan fingerprint density at radius 3 is 2.48 bits per heavy atom. The molecule has 1 heterocycles. The van der Waals surface area contributed by atoms with Crippen LogP contribution in [0.1, 0.15) is 32.1 Å². The lowest BCUT2D eigenvalue weighted by Gasteiger charge is -2.21. The van der Waals surface area contributed by atoms with Gasteiger partial charge in [0, 0.05) is 12.0 Å². The van der Waals surface area contributed by atoms with Crippen molar-refractivity contribution < 1.29 is 23.8 Å². The molecule has 1 aromatic heterocycles. The molecule has 6 heteroatoms. The highest BCUT2D eigenvalue weighted by Crippen LogP contribution is 2.25. The largest absolute Gasteiger partial charge is 0.480 e. The first-order chi connectivity index (χ1) is 11.7. The minimum absolute atomic E-state index is 0.0282. The molecule has 2 rings (SSSR count). The number of ether oxygens (including phenoxy) is 1. The summed E-state index contributed by atoms with van der Waals surface area (Å²) in [6.07, 6.45) is -0.744. The molecule has 0 saturated heterocycles. The van der Waals surface area contributed by atoms with Crippen molar-refractivity contribution in [3.05, 3.63) is 47.7 Å². The van der Waals surface area contributed by atoms with Gasteiger partial charge in [-0.05, 0) is 45.4 Å². The molecule has 0 aliphatic rings. The lowest BCUT2D eigenvalue weighted by Crippen LogP contribution is -2.44. The van der Waals surface area contributed by atoms with E-state index in [0.717, 1.165) is 11.1 Å². The number of furan rings is 1. The molecule has 2 N–H and O–H groups in total. The first-order valence-corrected chi connectivity index (χ1v) is 8.03. The average molecular weight is 345 g/mol. The third-order valence-corrected chi connectivity index (χ3v) is 3.47. The normalized spacial score (nSPS) is 12.5. The summed E-state index contributed by atoms with van der Waals surface area (Å²) < 4.78 is 10.9. The van der Waals surface area contributed by atoms with Gasteiger partial charge < -0.3 is 19.6 Å². The monoisotopic (exact) mass is 345 g/mol. The van der Waals surface area contributed by atoms with Crippen molar-refractivity contribution in [2.75, 3.05) is 0 Å². The topological polar surface area (TPSA) is 88.8 Å². The van der Waals surface area contributed by atoms with E-state index in [1.54, 1.807) is 32.9 Å². The molecule has 0 saturated carbocycles. The zero-order chi connectivity index (χ0) is 18.6. The van der Waals surface area contributed by atoms with Gasteiger partial charge in [-0.25, -0.2) is 9.59 Å². The molecular weight excluding hydrogens is 322 g/mol. The number of alkyl carbamates (subject to hydrolysis) is 1. The molecule has 0 spiro atoms. The van der Waals surface area contributed by atoms with Gasteiger partial charge in [0.1, 0.15) is 23.2 Å². The average Bonchev–Trinajstić information content (AvgIpc) is 2.93. The third kappa shape index (κ3) is 5.38. The minimum atomic E-state index is -1.15. The molecule has 6 nitrogen and oxygen atoms in total. The number of benzene rings is 1. The summed E-state index contributed by atoms with van der Waals surface area (Å²) in [4.78, 5) is 23.2. The maximum Gasteiger partial charge on any atom is 0.408 e. The van der Waals surface area contributed by atoms with Crippen molar-refractivity contribution in [2.24, 2.45) is 0 Å². The highest BCUT2D eigenvalue weighted by atomic mass is 16.6. The van der Waals surface area contributed by atoms with Crippen LogP contribution in [-0.4, -0.2) is 28.8 Å². The van der Waals surface area contributed by atoms with Gasteiger partial charge >= 0.3 is 12.1 Å². The van der Waals surface area contributed by atoms with E-state index in [0.29, 0.717) is 11.5 Å². The van der Waals surface area contributed by atoms with Gasteiger partial charge in [0.05, 0.1) is 0 Å². The lowest BCUT2D eigenvalue weighted by atomic mass is 10.1. The highest BCUT2D eigenvalue weighted by molar-refractivity contribution is 5.80. The van der Waals surface area contributed by atoms with Gasteiger partial charge in [0.25, 0.3) is 0 Å². The van der Waals surface area contributed by atoms with Crippen molar-refractivity contribution in [3.63, 3.8) is 0 Å². The summed E-state index contributed by atoms with van der Waals surface area (Å²) in [5.74, 6) is -0.0177. The molecule has 0 aliphatic carbocycles. The Morgan fingerprint density at radius 2 is 1.88 bits per heavy atom. The van der Waals surface area contributed by atoms with Crippen LogP contribution < -0.4 is 5.32 Å². The van der Waals surface area contributed by atoms with Crippen LogP contribution in [-0.2, 0) is 16.0 Å². The van der Waals surface area contributed by atoms with Gasteiger partial charge in [-0.15, -0.1) is 0 Å². The van der Waals surface area contributed by atoms with Crippen LogP contribution in [0.3, 0.4) is 0 Å². The number of hydrogen-bond donors (Lipinski definition) is 2. The van der Waals surface area contributed by atoms with Crippen LogP contribution >= 0.6 is 0 Å². The fourth-order valence-electron chi connectivity index (χ4n) is 2.33. The zero-order valence-electron chi connectivity index (χ0n) is 14.8. The van der Waals surface area contributed by atoms with Crippen molar-refractivity contribution in [1.29, 1.82) is 0 Å². The van der Waals surface area contributed by atoms with Crippen LogP contribution in [0.25, 0.3) is 11.3 Å². The molecule has 1 atom stereocenters. The highest BCUT2D eigenvalue weighted by Gasteiger charge is 2.25. The summed E-state index contributed by atoms with van der Waals surface area (Å²) in [5, 5.41) is 11.7. The second-order valence-corrected chi connectivity index (χ2v) is 6.82. The summed E-state index contributed by atoms with van der Waals surface area (Å²) in [7, 11) is 0. The number of carbonyl (C=O) groups excluding carboxylic acids is 1. The van der Waals surface area contributed by atoms with Crippen molar-refractivity contribution in [2.45, 2.75) is 45.8 Å². The Labute approximate surface area is 146 Å².